The number of nitrogens with zero attached hydrogens (tertiary/aromatic N) is 6. The first-order valence-corrected chi connectivity index (χ1v) is 10.3. The summed E-state index contributed by atoms with van der Waals surface area (Å²) in [5.41, 5.74) is 1.65. The maximum Gasteiger partial charge on any atom is 0.275 e. The zero-order valence-corrected chi connectivity index (χ0v) is 17.4. The van der Waals surface area contributed by atoms with Crippen LogP contribution in [0.15, 0.2) is 42.6 Å². The molecular weight excluding hydrogens is 380 g/mol. The van der Waals surface area contributed by atoms with E-state index in [0.717, 1.165) is 43.1 Å². The van der Waals surface area contributed by atoms with Crippen LogP contribution in [0, 0.1) is 0 Å². The molecule has 1 aromatic carbocycles. The summed E-state index contributed by atoms with van der Waals surface area (Å²) in [5, 5.41) is 9.06. The van der Waals surface area contributed by atoms with Crippen molar-refractivity contribution in [1.82, 2.24) is 29.8 Å². The molecule has 1 aliphatic rings. The van der Waals surface area contributed by atoms with Crippen LogP contribution in [0.3, 0.4) is 0 Å². The summed E-state index contributed by atoms with van der Waals surface area (Å²) in [5.74, 6) is -0.189. The van der Waals surface area contributed by atoms with Crippen molar-refractivity contribution in [2.24, 2.45) is 0 Å². The highest BCUT2D eigenvalue weighted by atomic mass is 16.2. The fourth-order valence-corrected chi connectivity index (χ4v) is 3.92. The molecule has 0 bridgehead atoms. The van der Waals surface area contributed by atoms with Gasteiger partial charge in [0.1, 0.15) is 5.69 Å². The van der Waals surface area contributed by atoms with Gasteiger partial charge in [-0.3, -0.25) is 14.3 Å². The molecule has 0 spiro atoms. The summed E-state index contributed by atoms with van der Waals surface area (Å²) < 4.78 is 1.68. The number of likely N-dealkylation sites (tertiary alicyclic amines) is 1. The molecule has 4 rings (SSSR count). The highest BCUT2D eigenvalue weighted by Crippen LogP contribution is 2.23. The summed E-state index contributed by atoms with van der Waals surface area (Å²) >= 11 is 0. The van der Waals surface area contributed by atoms with E-state index in [1.54, 1.807) is 25.0 Å². The van der Waals surface area contributed by atoms with Crippen molar-refractivity contribution in [3.05, 3.63) is 54.0 Å². The molecule has 0 N–H and O–H groups in total. The van der Waals surface area contributed by atoms with Gasteiger partial charge in [-0.2, -0.15) is 0 Å². The van der Waals surface area contributed by atoms with Crippen LogP contribution in [0.2, 0.25) is 0 Å². The molecular formula is C22H26N6O2. The normalized spacial score (nSPS) is 16.6. The summed E-state index contributed by atoms with van der Waals surface area (Å²) in [7, 11) is 3.38. The average molecular weight is 406 g/mol. The van der Waals surface area contributed by atoms with Crippen molar-refractivity contribution in [2.75, 3.05) is 20.6 Å². The first kappa shape index (κ1) is 20.0. The Labute approximate surface area is 175 Å². The van der Waals surface area contributed by atoms with Crippen molar-refractivity contribution in [3.63, 3.8) is 0 Å². The second kappa shape index (κ2) is 8.61. The number of amides is 2. The largest absolute Gasteiger partial charge is 0.343 e. The van der Waals surface area contributed by atoms with E-state index < -0.39 is 0 Å². The van der Waals surface area contributed by atoms with Crippen LogP contribution < -0.4 is 0 Å². The van der Waals surface area contributed by atoms with Gasteiger partial charge in [0, 0.05) is 38.6 Å². The molecule has 2 amide bonds. The van der Waals surface area contributed by atoms with Crippen LogP contribution >= 0.6 is 0 Å². The molecule has 1 saturated heterocycles. The van der Waals surface area contributed by atoms with Crippen molar-refractivity contribution in [2.45, 2.75) is 38.3 Å². The average Bonchev–Trinajstić information content (AvgIpc) is 3.25. The summed E-state index contributed by atoms with van der Waals surface area (Å²) in [6.45, 7) is 1.34. The zero-order valence-electron chi connectivity index (χ0n) is 17.4. The zero-order chi connectivity index (χ0) is 21.1. The molecule has 8 nitrogen and oxygen atoms in total. The molecule has 8 heteroatoms. The molecule has 3 aromatic rings. The van der Waals surface area contributed by atoms with E-state index >= 15 is 0 Å². The van der Waals surface area contributed by atoms with Crippen LogP contribution in [0.5, 0.6) is 0 Å². The third-order valence-electron chi connectivity index (χ3n) is 5.56. The minimum atomic E-state index is -0.168. The van der Waals surface area contributed by atoms with Crippen molar-refractivity contribution < 1.29 is 9.59 Å². The molecule has 156 valence electrons. The lowest BCUT2D eigenvalue weighted by Crippen LogP contribution is -2.44. The van der Waals surface area contributed by atoms with Crippen LogP contribution in [-0.4, -0.2) is 68.3 Å². The molecule has 0 saturated carbocycles. The molecule has 3 heterocycles. The standard InChI is InChI=1S/C22H26N6O2/c1-26(2)21(29)20-15-27(25-24-20)14-12-17-8-5-6-13-28(17)22(30)19-11-10-16-7-3-4-9-18(16)23-19/h3-4,7,9-11,15,17H,5-6,8,12-14H2,1-2H3. The number of carbonyl (C=O) groups is 2. The number of rotatable bonds is 5. The van der Waals surface area contributed by atoms with E-state index in [4.69, 9.17) is 0 Å². The Balaban J connectivity index is 1.46. The Bertz CT molecular complexity index is 1060. The number of piperidine rings is 1. The van der Waals surface area contributed by atoms with Gasteiger partial charge in [0.2, 0.25) is 0 Å². The quantitative estimate of drug-likeness (QED) is 0.650. The fraction of sp³-hybridized carbons (Fsp3) is 0.409. The van der Waals surface area contributed by atoms with Gasteiger partial charge >= 0.3 is 0 Å². The van der Waals surface area contributed by atoms with E-state index in [2.05, 4.69) is 15.3 Å². The fourth-order valence-electron chi connectivity index (χ4n) is 3.92. The number of aromatic nitrogens is 4. The highest BCUT2D eigenvalue weighted by molar-refractivity contribution is 5.95. The van der Waals surface area contributed by atoms with Gasteiger partial charge in [0.25, 0.3) is 11.8 Å². The SMILES string of the molecule is CN(C)C(=O)c1cn(CCC2CCCCN2C(=O)c2ccc3ccccc3n2)nn1. The Kier molecular flexibility index (Phi) is 5.74. The predicted octanol–water partition coefficient (Wildman–Crippen LogP) is 2.61. The lowest BCUT2D eigenvalue weighted by Gasteiger charge is -2.35. The van der Waals surface area contributed by atoms with Gasteiger partial charge in [-0.25, -0.2) is 4.98 Å². The third kappa shape index (κ3) is 4.17. The van der Waals surface area contributed by atoms with Gasteiger partial charge in [-0.05, 0) is 37.8 Å². The second-order valence-corrected chi connectivity index (χ2v) is 7.89. The number of fused-ring (bicyclic) bond motifs is 1. The summed E-state index contributed by atoms with van der Waals surface area (Å²) in [6.07, 6.45) is 5.49. The van der Waals surface area contributed by atoms with Crippen molar-refractivity contribution in [3.8, 4) is 0 Å². The van der Waals surface area contributed by atoms with Gasteiger partial charge in [0.15, 0.2) is 5.69 Å². The molecule has 0 radical (unpaired) electrons. The number of para-hydroxylation sites is 1. The molecule has 30 heavy (non-hydrogen) atoms. The predicted molar refractivity (Wildman–Crippen MR) is 113 cm³/mol. The molecule has 2 aromatic heterocycles. The minimum absolute atomic E-state index is 0.0208. The number of pyridine rings is 1. The molecule has 0 aliphatic carbocycles. The highest BCUT2D eigenvalue weighted by Gasteiger charge is 2.28. The van der Waals surface area contributed by atoms with Gasteiger partial charge in [-0.15, -0.1) is 5.10 Å². The minimum Gasteiger partial charge on any atom is -0.343 e. The lowest BCUT2D eigenvalue weighted by atomic mass is 9.98. The Morgan fingerprint density at radius 2 is 1.93 bits per heavy atom. The van der Waals surface area contributed by atoms with Crippen LogP contribution in [0.4, 0.5) is 0 Å². The topological polar surface area (TPSA) is 84.2 Å². The van der Waals surface area contributed by atoms with Crippen LogP contribution in [0.25, 0.3) is 10.9 Å². The molecule has 1 aliphatic heterocycles. The Hall–Kier alpha value is -3.29. The maximum absolute atomic E-state index is 13.2. The lowest BCUT2D eigenvalue weighted by molar-refractivity contribution is 0.0588. The second-order valence-electron chi connectivity index (χ2n) is 7.89. The third-order valence-corrected chi connectivity index (χ3v) is 5.56. The van der Waals surface area contributed by atoms with E-state index in [1.807, 2.05) is 41.3 Å². The number of benzene rings is 1. The first-order chi connectivity index (χ1) is 14.5. The smallest absolute Gasteiger partial charge is 0.275 e. The van der Waals surface area contributed by atoms with Gasteiger partial charge in [-0.1, -0.05) is 29.5 Å². The number of hydrogen-bond donors (Lipinski definition) is 0. The Morgan fingerprint density at radius 1 is 1.10 bits per heavy atom. The van der Waals surface area contributed by atoms with Gasteiger partial charge < -0.3 is 9.80 Å². The molecule has 1 atom stereocenters. The van der Waals surface area contributed by atoms with Crippen LogP contribution in [-0.2, 0) is 6.54 Å². The molecule has 1 fully saturated rings. The van der Waals surface area contributed by atoms with Gasteiger partial charge in [0.05, 0.1) is 11.7 Å². The summed E-state index contributed by atoms with van der Waals surface area (Å²) in [4.78, 5) is 33.2. The number of hydrogen-bond acceptors (Lipinski definition) is 5. The van der Waals surface area contributed by atoms with E-state index in [1.165, 1.54) is 4.90 Å². The molecule has 1 unspecified atom stereocenters. The van der Waals surface area contributed by atoms with Crippen molar-refractivity contribution >= 4 is 22.7 Å². The van der Waals surface area contributed by atoms with E-state index in [0.29, 0.717) is 17.9 Å². The van der Waals surface area contributed by atoms with E-state index in [-0.39, 0.29) is 17.9 Å². The van der Waals surface area contributed by atoms with E-state index in [9.17, 15) is 9.59 Å². The van der Waals surface area contributed by atoms with Crippen LogP contribution in [0.1, 0.15) is 46.7 Å². The number of carbonyl (C=O) groups excluding carboxylic acids is 2. The van der Waals surface area contributed by atoms with Crippen molar-refractivity contribution in [1.29, 1.82) is 0 Å². The maximum atomic E-state index is 13.2. The summed E-state index contributed by atoms with van der Waals surface area (Å²) in [6, 6.07) is 11.7. The Morgan fingerprint density at radius 3 is 2.77 bits per heavy atom. The monoisotopic (exact) mass is 406 g/mol. The first-order valence-electron chi connectivity index (χ1n) is 10.3. The number of aryl methyl sites for hydroxylation is 1.